The number of anilines is 1. The minimum atomic E-state index is -0.330. The zero-order valence-corrected chi connectivity index (χ0v) is 16.3. The van der Waals surface area contributed by atoms with Crippen molar-refractivity contribution >= 4 is 17.3 Å². The van der Waals surface area contributed by atoms with Crippen LogP contribution in [-0.4, -0.2) is 30.6 Å². The molecule has 2 aromatic rings. The Labute approximate surface area is 160 Å². The lowest BCUT2D eigenvalue weighted by Gasteiger charge is -2.49. The summed E-state index contributed by atoms with van der Waals surface area (Å²) in [5.41, 5.74) is 5.12. The van der Waals surface area contributed by atoms with Gasteiger partial charge in [-0.25, -0.2) is 4.39 Å². The molecule has 0 bridgehead atoms. The SMILES string of the molecule is Cc1ccc([C@H]2CCCC3CN(c4ccc(Cl)c(F)c4)CCN32)cc1C. The van der Waals surface area contributed by atoms with E-state index in [1.165, 1.54) is 36.0 Å². The van der Waals surface area contributed by atoms with Crippen molar-refractivity contribution in [3.05, 3.63) is 63.9 Å². The Bertz CT molecular complexity index is 807. The first-order chi connectivity index (χ1) is 12.5. The molecule has 0 N–H and O–H groups in total. The zero-order chi connectivity index (χ0) is 18.3. The largest absolute Gasteiger partial charge is 0.369 e. The van der Waals surface area contributed by atoms with Crippen LogP contribution in [0.15, 0.2) is 36.4 Å². The molecule has 2 saturated heterocycles. The summed E-state index contributed by atoms with van der Waals surface area (Å²) in [6.07, 6.45) is 3.70. The van der Waals surface area contributed by atoms with Gasteiger partial charge in [-0.05, 0) is 68.0 Å². The Morgan fingerprint density at radius 2 is 1.85 bits per heavy atom. The second-order valence-electron chi connectivity index (χ2n) is 7.73. The minimum absolute atomic E-state index is 0.194. The summed E-state index contributed by atoms with van der Waals surface area (Å²) in [6.45, 7) is 7.28. The van der Waals surface area contributed by atoms with E-state index in [9.17, 15) is 4.39 Å². The predicted molar refractivity (Wildman–Crippen MR) is 107 cm³/mol. The molecule has 2 aromatic carbocycles. The van der Waals surface area contributed by atoms with Crippen LogP contribution < -0.4 is 4.90 Å². The monoisotopic (exact) mass is 372 g/mol. The van der Waals surface area contributed by atoms with Gasteiger partial charge in [0.25, 0.3) is 0 Å². The smallest absolute Gasteiger partial charge is 0.143 e. The van der Waals surface area contributed by atoms with Gasteiger partial charge in [0.05, 0.1) is 5.02 Å². The van der Waals surface area contributed by atoms with Crippen LogP contribution >= 0.6 is 11.6 Å². The Balaban J connectivity index is 1.53. The summed E-state index contributed by atoms with van der Waals surface area (Å²) < 4.78 is 13.9. The lowest BCUT2D eigenvalue weighted by Crippen LogP contribution is -2.55. The number of hydrogen-bond donors (Lipinski definition) is 0. The summed E-state index contributed by atoms with van der Waals surface area (Å²) in [5, 5.41) is 0.194. The lowest BCUT2D eigenvalue weighted by atomic mass is 9.88. The Morgan fingerprint density at radius 1 is 1.00 bits per heavy atom. The Kier molecular flexibility index (Phi) is 4.94. The second kappa shape index (κ2) is 7.21. The quantitative estimate of drug-likeness (QED) is 0.685. The van der Waals surface area contributed by atoms with E-state index in [1.54, 1.807) is 12.1 Å². The average Bonchev–Trinajstić information content (AvgIpc) is 2.65. The van der Waals surface area contributed by atoms with E-state index in [0.29, 0.717) is 12.1 Å². The van der Waals surface area contributed by atoms with Gasteiger partial charge in [0.2, 0.25) is 0 Å². The summed E-state index contributed by atoms with van der Waals surface area (Å²) >= 11 is 5.84. The van der Waals surface area contributed by atoms with Crippen molar-refractivity contribution in [3.8, 4) is 0 Å². The van der Waals surface area contributed by atoms with Gasteiger partial charge in [0.1, 0.15) is 5.82 Å². The average molecular weight is 373 g/mol. The molecule has 0 spiro atoms. The molecule has 0 amide bonds. The van der Waals surface area contributed by atoms with Crippen LogP contribution in [0, 0.1) is 19.7 Å². The van der Waals surface area contributed by atoms with Crippen LogP contribution in [0.5, 0.6) is 0 Å². The van der Waals surface area contributed by atoms with E-state index in [4.69, 9.17) is 11.6 Å². The van der Waals surface area contributed by atoms with Crippen LogP contribution in [0.1, 0.15) is 42.0 Å². The van der Waals surface area contributed by atoms with Crippen molar-refractivity contribution in [1.29, 1.82) is 0 Å². The third-order valence-corrected chi connectivity index (χ3v) is 6.43. The van der Waals surface area contributed by atoms with Crippen LogP contribution in [0.2, 0.25) is 5.02 Å². The van der Waals surface area contributed by atoms with Gasteiger partial charge in [-0.3, -0.25) is 4.90 Å². The van der Waals surface area contributed by atoms with Gasteiger partial charge in [0, 0.05) is 37.4 Å². The highest BCUT2D eigenvalue weighted by Gasteiger charge is 2.35. The number of benzene rings is 2. The molecule has 2 atom stereocenters. The van der Waals surface area contributed by atoms with E-state index >= 15 is 0 Å². The number of piperidine rings is 1. The van der Waals surface area contributed by atoms with Gasteiger partial charge in [-0.1, -0.05) is 29.8 Å². The van der Waals surface area contributed by atoms with Crippen molar-refractivity contribution in [2.75, 3.05) is 24.5 Å². The van der Waals surface area contributed by atoms with Crippen molar-refractivity contribution in [1.82, 2.24) is 4.90 Å². The first kappa shape index (κ1) is 17.8. The third-order valence-electron chi connectivity index (χ3n) is 6.13. The molecule has 2 aliphatic heterocycles. The van der Waals surface area contributed by atoms with Gasteiger partial charge in [-0.2, -0.15) is 0 Å². The number of hydrogen-bond acceptors (Lipinski definition) is 2. The fourth-order valence-electron chi connectivity index (χ4n) is 4.50. The molecule has 0 aromatic heterocycles. The number of rotatable bonds is 2. The van der Waals surface area contributed by atoms with Gasteiger partial charge >= 0.3 is 0 Å². The molecule has 2 nitrogen and oxygen atoms in total. The van der Waals surface area contributed by atoms with Crippen LogP contribution in [0.3, 0.4) is 0 Å². The molecular weight excluding hydrogens is 347 g/mol. The maximum absolute atomic E-state index is 13.9. The number of halogens is 2. The summed E-state index contributed by atoms with van der Waals surface area (Å²) in [6, 6.07) is 13.1. The molecule has 0 aliphatic carbocycles. The van der Waals surface area contributed by atoms with E-state index in [1.807, 2.05) is 6.07 Å². The molecule has 2 aliphatic rings. The fourth-order valence-corrected chi connectivity index (χ4v) is 4.61. The first-order valence-electron chi connectivity index (χ1n) is 9.56. The molecule has 1 unspecified atom stereocenters. The van der Waals surface area contributed by atoms with E-state index in [2.05, 4.69) is 41.8 Å². The molecule has 4 heteroatoms. The number of nitrogens with zero attached hydrogens (tertiary/aromatic N) is 2. The number of piperazine rings is 1. The molecule has 26 heavy (non-hydrogen) atoms. The molecule has 2 fully saturated rings. The van der Waals surface area contributed by atoms with Crippen molar-refractivity contribution < 1.29 is 4.39 Å². The highest BCUT2D eigenvalue weighted by molar-refractivity contribution is 6.30. The number of aryl methyl sites for hydroxylation is 2. The van der Waals surface area contributed by atoms with Crippen molar-refractivity contribution in [2.45, 2.75) is 45.2 Å². The molecule has 4 rings (SSSR count). The standard InChI is InChI=1S/C22H26ClFN2/c1-15-6-7-17(12-16(15)2)22-5-3-4-19-14-25(10-11-26(19)22)18-8-9-20(23)21(24)13-18/h6-9,12-13,19,22H,3-5,10-11,14H2,1-2H3/t19?,22-/m1/s1. The topological polar surface area (TPSA) is 6.48 Å². The summed E-state index contributed by atoms with van der Waals surface area (Å²) in [5.74, 6) is -0.330. The third kappa shape index (κ3) is 3.35. The fraction of sp³-hybridized carbons (Fsp3) is 0.455. The van der Waals surface area contributed by atoms with Crippen LogP contribution in [0.4, 0.5) is 10.1 Å². The highest BCUT2D eigenvalue weighted by Crippen LogP contribution is 2.37. The molecule has 2 heterocycles. The summed E-state index contributed by atoms with van der Waals surface area (Å²) in [7, 11) is 0. The Hall–Kier alpha value is -1.58. The van der Waals surface area contributed by atoms with Crippen LogP contribution in [0.25, 0.3) is 0 Å². The number of fused-ring (bicyclic) bond motifs is 1. The molecule has 0 saturated carbocycles. The van der Waals surface area contributed by atoms with E-state index in [0.717, 1.165) is 25.3 Å². The molecule has 138 valence electrons. The maximum Gasteiger partial charge on any atom is 0.143 e. The van der Waals surface area contributed by atoms with Crippen molar-refractivity contribution in [3.63, 3.8) is 0 Å². The maximum atomic E-state index is 13.9. The molecular formula is C22H26ClFN2. The van der Waals surface area contributed by atoms with Gasteiger partial charge in [-0.15, -0.1) is 0 Å². The van der Waals surface area contributed by atoms with Gasteiger partial charge in [0.15, 0.2) is 0 Å². The zero-order valence-electron chi connectivity index (χ0n) is 15.5. The predicted octanol–water partition coefficient (Wildman–Crippen LogP) is 5.51. The second-order valence-corrected chi connectivity index (χ2v) is 8.13. The van der Waals surface area contributed by atoms with E-state index in [-0.39, 0.29) is 10.8 Å². The molecule has 0 radical (unpaired) electrons. The van der Waals surface area contributed by atoms with Gasteiger partial charge < -0.3 is 4.90 Å². The first-order valence-corrected chi connectivity index (χ1v) is 9.93. The lowest BCUT2D eigenvalue weighted by molar-refractivity contribution is 0.0716. The summed E-state index contributed by atoms with van der Waals surface area (Å²) in [4.78, 5) is 4.99. The van der Waals surface area contributed by atoms with E-state index < -0.39 is 0 Å². The minimum Gasteiger partial charge on any atom is -0.369 e. The van der Waals surface area contributed by atoms with Crippen molar-refractivity contribution in [2.24, 2.45) is 0 Å². The Morgan fingerprint density at radius 3 is 2.62 bits per heavy atom. The normalized spacial score (nSPS) is 23.8. The highest BCUT2D eigenvalue weighted by atomic mass is 35.5. The van der Waals surface area contributed by atoms with Crippen LogP contribution in [-0.2, 0) is 0 Å².